The number of ether oxygens (including phenoxy) is 1. The summed E-state index contributed by atoms with van der Waals surface area (Å²) in [5, 5.41) is 0. The minimum absolute atomic E-state index is 0.135. The molecule has 1 aliphatic heterocycles. The average molecular weight is 262 g/mol. The quantitative estimate of drug-likeness (QED) is 0.631. The minimum atomic E-state index is 0.135. The molecule has 2 N–H and O–H groups in total. The molecule has 1 heterocycles. The third-order valence-corrected chi connectivity index (χ3v) is 3.36. The van der Waals surface area contributed by atoms with Gasteiger partial charge in [0.05, 0.1) is 18.8 Å². The maximum atomic E-state index is 12.1. The number of Topliss-reactive ketones (excluding diaryl/α,β-unsaturated/α-hetero) is 1. The van der Waals surface area contributed by atoms with Gasteiger partial charge in [-0.05, 0) is 50.6 Å². The summed E-state index contributed by atoms with van der Waals surface area (Å²) < 4.78 is 5.51. The molecule has 1 aromatic rings. The smallest absolute Gasteiger partial charge is 0.176 e. The second kappa shape index (κ2) is 6.57. The van der Waals surface area contributed by atoms with Gasteiger partial charge in [0.2, 0.25) is 0 Å². The Hall–Kier alpha value is -1.55. The largest absolute Gasteiger partial charge is 0.491 e. The number of benzene rings is 1. The van der Waals surface area contributed by atoms with E-state index in [2.05, 4.69) is 4.90 Å². The number of likely N-dealkylation sites (tertiary alicyclic amines) is 1. The summed E-state index contributed by atoms with van der Waals surface area (Å²) in [6.45, 7) is 5.24. The van der Waals surface area contributed by atoms with Crippen LogP contribution in [0.2, 0.25) is 0 Å². The molecule has 1 saturated heterocycles. The lowest BCUT2D eigenvalue weighted by Gasteiger charge is -2.14. The predicted molar refractivity (Wildman–Crippen MR) is 76.6 cm³/mol. The molecule has 0 amide bonds. The second-order valence-corrected chi connectivity index (χ2v) is 5.01. The molecule has 1 fully saturated rings. The van der Waals surface area contributed by atoms with Crippen molar-refractivity contribution in [3.05, 3.63) is 23.8 Å². The predicted octanol–water partition coefficient (Wildman–Crippen LogP) is 2.34. The zero-order valence-electron chi connectivity index (χ0n) is 11.5. The van der Waals surface area contributed by atoms with Gasteiger partial charge in [0.25, 0.3) is 0 Å². The van der Waals surface area contributed by atoms with Gasteiger partial charge < -0.3 is 10.5 Å². The third kappa shape index (κ3) is 3.70. The van der Waals surface area contributed by atoms with Crippen LogP contribution in [0.15, 0.2) is 18.2 Å². The molecule has 1 aromatic carbocycles. The Morgan fingerprint density at radius 2 is 2.11 bits per heavy atom. The van der Waals surface area contributed by atoms with Crippen molar-refractivity contribution in [3.8, 4) is 5.75 Å². The molecule has 4 heteroatoms. The van der Waals surface area contributed by atoms with Crippen molar-refractivity contribution in [2.24, 2.45) is 0 Å². The van der Waals surface area contributed by atoms with Crippen molar-refractivity contribution >= 4 is 11.5 Å². The SMILES string of the molecule is CCCOc1ccc(C(=O)CN2CCCC2)cc1N. The summed E-state index contributed by atoms with van der Waals surface area (Å²) >= 11 is 0. The Labute approximate surface area is 114 Å². The Balaban J connectivity index is 1.99. The van der Waals surface area contributed by atoms with E-state index in [1.54, 1.807) is 18.2 Å². The van der Waals surface area contributed by atoms with E-state index in [4.69, 9.17) is 10.5 Å². The average Bonchev–Trinajstić information content (AvgIpc) is 2.90. The number of nitrogens with zero attached hydrogens (tertiary/aromatic N) is 1. The summed E-state index contributed by atoms with van der Waals surface area (Å²) in [7, 11) is 0. The van der Waals surface area contributed by atoms with Crippen LogP contribution in [0.5, 0.6) is 5.75 Å². The van der Waals surface area contributed by atoms with Crippen molar-refractivity contribution in [2.45, 2.75) is 26.2 Å². The molecule has 0 unspecified atom stereocenters. The van der Waals surface area contributed by atoms with E-state index in [9.17, 15) is 4.79 Å². The fraction of sp³-hybridized carbons (Fsp3) is 0.533. The highest BCUT2D eigenvalue weighted by Crippen LogP contribution is 2.23. The highest BCUT2D eigenvalue weighted by Gasteiger charge is 2.16. The maximum absolute atomic E-state index is 12.1. The molecule has 0 radical (unpaired) electrons. The Morgan fingerprint density at radius 1 is 1.37 bits per heavy atom. The monoisotopic (exact) mass is 262 g/mol. The number of hydrogen-bond donors (Lipinski definition) is 1. The van der Waals surface area contributed by atoms with E-state index in [0.717, 1.165) is 19.5 Å². The highest BCUT2D eigenvalue weighted by atomic mass is 16.5. The van der Waals surface area contributed by atoms with E-state index in [0.29, 0.717) is 30.2 Å². The number of nitrogens with two attached hydrogens (primary N) is 1. The minimum Gasteiger partial charge on any atom is -0.491 e. The summed E-state index contributed by atoms with van der Waals surface area (Å²) in [4.78, 5) is 14.3. The molecule has 2 rings (SSSR count). The van der Waals surface area contributed by atoms with Crippen molar-refractivity contribution in [1.29, 1.82) is 0 Å². The molecule has 0 saturated carbocycles. The topological polar surface area (TPSA) is 55.6 Å². The number of rotatable bonds is 6. The van der Waals surface area contributed by atoms with Gasteiger partial charge in [-0.1, -0.05) is 6.92 Å². The molecular weight excluding hydrogens is 240 g/mol. The standard InChI is InChI=1S/C15H22N2O2/c1-2-9-19-15-6-5-12(10-13(15)16)14(18)11-17-7-3-4-8-17/h5-6,10H,2-4,7-9,11,16H2,1H3. The molecule has 0 aliphatic carbocycles. The molecular formula is C15H22N2O2. The molecule has 4 nitrogen and oxygen atoms in total. The van der Waals surface area contributed by atoms with E-state index >= 15 is 0 Å². The normalized spacial score (nSPS) is 15.6. The molecule has 104 valence electrons. The van der Waals surface area contributed by atoms with E-state index in [-0.39, 0.29) is 5.78 Å². The van der Waals surface area contributed by atoms with Crippen LogP contribution in [0, 0.1) is 0 Å². The van der Waals surface area contributed by atoms with Crippen LogP contribution in [0.25, 0.3) is 0 Å². The van der Waals surface area contributed by atoms with Crippen molar-refractivity contribution < 1.29 is 9.53 Å². The first-order valence-corrected chi connectivity index (χ1v) is 6.98. The summed E-state index contributed by atoms with van der Waals surface area (Å²) in [5.74, 6) is 0.801. The molecule has 0 aromatic heterocycles. The van der Waals surface area contributed by atoms with Crippen molar-refractivity contribution in [1.82, 2.24) is 4.90 Å². The van der Waals surface area contributed by atoms with Gasteiger partial charge >= 0.3 is 0 Å². The zero-order chi connectivity index (χ0) is 13.7. The number of ketones is 1. The van der Waals surface area contributed by atoms with E-state index in [1.165, 1.54) is 12.8 Å². The molecule has 0 spiro atoms. The van der Waals surface area contributed by atoms with Crippen LogP contribution in [-0.2, 0) is 0 Å². The second-order valence-electron chi connectivity index (χ2n) is 5.01. The lowest BCUT2D eigenvalue weighted by atomic mass is 10.1. The highest BCUT2D eigenvalue weighted by molar-refractivity contribution is 5.98. The molecule has 0 atom stereocenters. The third-order valence-electron chi connectivity index (χ3n) is 3.36. The first kappa shape index (κ1) is 13.9. The van der Waals surface area contributed by atoms with Crippen LogP contribution in [0.4, 0.5) is 5.69 Å². The maximum Gasteiger partial charge on any atom is 0.176 e. The van der Waals surface area contributed by atoms with Crippen LogP contribution >= 0.6 is 0 Å². The summed E-state index contributed by atoms with van der Waals surface area (Å²) in [5.41, 5.74) is 7.13. The van der Waals surface area contributed by atoms with Gasteiger partial charge in [0.15, 0.2) is 5.78 Å². The summed E-state index contributed by atoms with van der Waals surface area (Å²) in [6.07, 6.45) is 3.33. The number of hydrogen-bond acceptors (Lipinski definition) is 4. The Bertz CT molecular complexity index is 440. The first-order valence-electron chi connectivity index (χ1n) is 6.98. The lowest BCUT2D eigenvalue weighted by Crippen LogP contribution is -2.26. The first-order chi connectivity index (χ1) is 9.20. The van der Waals surface area contributed by atoms with Gasteiger partial charge in [-0.15, -0.1) is 0 Å². The summed E-state index contributed by atoms with van der Waals surface area (Å²) in [6, 6.07) is 5.32. The fourth-order valence-electron chi connectivity index (χ4n) is 2.30. The van der Waals surface area contributed by atoms with Crippen LogP contribution in [0.1, 0.15) is 36.5 Å². The van der Waals surface area contributed by atoms with Gasteiger partial charge in [-0.25, -0.2) is 0 Å². The van der Waals surface area contributed by atoms with Crippen molar-refractivity contribution in [2.75, 3.05) is 32.0 Å². The van der Waals surface area contributed by atoms with E-state index < -0.39 is 0 Å². The molecule has 0 bridgehead atoms. The van der Waals surface area contributed by atoms with E-state index in [1.807, 2.05) is 6.92 Å². The lowest BCUT2D eigenvalue weighted by molar-refractivity contribution is 0.0945. The fourth-order valence-corrected chi connectivity index (χ4v) is 2.30. The molecule has 19 heavy (non-hydrogen) atoms. The van der Waals surface area contributed by atoms with Gasteiger partial charge in [-0.2, -0.15) is 0 Å². The number of nitrogen functional groups attached to an aromatic ring is 1. The number of anilines is 1. The Kier molecular flexibility index (Phi) is 4.80. The van der Waals surface area contributed by atoms with Crippen molar-refractivity contribution in [3.63, 3.8) is 0 Å². The number of carbonyl (C=O) groups excluding carboxylic acids is 1. The van der Waals surface area contributed by atoms with Gasteiger partial charge in [0, 0.05) is 5.56 Å². The zero-order valence-corrected chi connectivity index (χ0v) is 11.5. The van der Waals surface area contributed by atoms with Gasteiger partial charge in [0.1, 0.15) is 5.75 Å². The van der Waals surface area contributed by atoms with Crippen LogP contribution < -0.4 is 10.5 Å². The van der Waals surface area contributed by atoms with Crippen LogP contribution in [0.3, 0.4) is 0 Å². The molecule has 1 aliphatic rings. The number of carbonyl (C=O) groups is 1. The van der Waals surface area contributed by atoms with Crippen LogP contribution in [-0.4, -0.2) is 36.9 Å². The van der Waals surface area contributed by atoms with Gasteiger partial charge in [-0.3, -0.25) is 9.69 Å². The Morgan fingerprint density at radius 3 is 2.74 bits per heavy atom.